The smallest absolute Gasteiger partial charge is 0.339 e. The molecule has 0 unspecified atom stereocenters. The number of methoxy groups -OCH3 is 1. The van der Waals surface area contributed by atoms with Gasteiger partial charge in [-0.1, -0.05) is 13.0 Å². The molecule has 8 heteroatoms. The van der Waals surface area contributed by atoms with Crippen LogP contribution in [0.4, 0.5) is 5.69 Å². The maximum Gasteiger partial charge on any atom is 0.339 e. The van der Waals surface area contributed by atoms with Crippen molar-refractivity contribution in [2.75, 3.05) is 25.1 Å². The van der Waals surface area contributed by atoms with E-state index in [1.807, 2.05) is 39.8 Å². The van der Waals surface area contributed by atoms with E-state index in [1.165, 1.54) is 26.2 Å². The van der Waals surface area contributed by atoms with E-state index in [4.69, 9.17) is 8.92 Å². The van der Waals surface area contributed by atoms with Gasteiger partial charge in [0.15, 0.2) is 0 Å². The van der Waals surface area contributed by atoms with Gasteiger partial charge >= 0.3 is 10.1 Å². The van der Waals surface area contributed by atoms with Crippen LogP contribution in [0.25, 0.3) is 0 Å². The van der Waals surface area contributed by atoms with Crippen molar-refractivity contribution in [3.63, 3.8) is 0 Å². The minimum atomic E-state index is -4.08. The van der Waals surface area contributed by atoms with Gasteiger partial charge in [0.25, 0.3) is 0 Å². The van der Waals surface area contributed by atoms with Crippen molar-refractivity contribution in [3.8, 4) is 11.5 Å². The molecule has 0 radical (unpaired) electrons. The lowest BCUT2D eigenvalue weighted by Crippen LogP contribution is -2.36. The largest absolute Gasteiger partial charge is 0.497 e. The van der Waals surface area contributed by atoms with Crippen LogP contribution in [-0.2, 0) is 21.5 Å². The topological polar surface area (TPSA) is 76.2 Å². The van der Waals surface area contributed by atoms with Crippen LogP contribution in [0.15, 0.2) is 47.4 Å². The van der Waals surface area contributed by atoms with Gasteiger partial charge in [-0.3, -0.25) is 4.79 Å². The quantitative estimate of drug-likeness (QED) is 0.459. The second-order valence-corrected chi connectivity index (χ2v) is 9.13. The fourth-order valence-electron chi connectivity index (χ4n) is 3.43. The lowest BCUT2D eigenvalue weighted by molar-refractivity contribution is -0.131. The van der Waals surface area contributed by atoms with Crippen molar-refractivity contribution in [2.45, 2.75) is 58.5 Å². The Kier molecular flexibility index (Phi) is 8.95. The first-order valence-corrected chi connectivity index (χ1v) is 12.3. The van der Waals surface area contributed by atoms with Gasteiger partial charge in [0.1, 0.15) is 16.4 Å². The van der Waals surface area contributed by atoms with Crippen LogP contribution in [0.5, 0.6) is 11.5 Å². The number of anilines is 1. The molecule has 32 heavy (non-hydrogen) atoms. The number of ether oxygens (including phenoxy) is 1. The minimum absolute atomic E-state index is 0.0148. The third kappa shape index (κ3) is 6.16. The van der Waals surface area contributed by atoms with Gasteiger partial charge in [0.2, 0.25) is 5.91 Å². The average Bonchev–Trinajstić information content (AvgIpc) is 2.78. The molecule has 0 heterocycles. The Hall–Kier alpha value is -2.74. The van der Waals surface area contributed by atoms with E-state index in [2.05, 4.69) is 4.90 Å². The number of hydrogen-bond acceptors (Lipinski definition) is 6. The minimum Gasteiger partial charge on any atom is -0.497 e. The Morgan fingerprint density at radius 3 is 2.16 bits per heavy atom. The number of benzene rings is 2. The molecule has 0 fully saturated rings. The molecule has 2 aromatic carbocycles. The second-order valence-electron chi connectivity index (χ2n) is 7.58. The maximum atomic E-state index is 13.0. The molecular weight excluding hydrogens is 428 g/mol. The van der Waals surface area contributed by atoms with Crippen molar-refractivity contribution < 1.29 is 22.1 Å². The van der Waals surface area contributed by atoms with E-state index >= 15 is 0 Å². The SMILES string of the molecule is CC[C@@H](C)N(Cc1ccc(N(CC)CC)cc1OS(=O)(=O)c1ccc(OC)cc1)C(C)=O. The molecule has 0 aliphatic heterocycles. The van der Waals surface area contributed by atoms with Crippen LogP contribution in [0.3, 0.4) is 0 Å². The molecule has 176 valence electrons. The molecular formula is C24H34N2O5S. The summed E-state index contributed by atoms with van der Waals surface area (Å²) in [4.78, 5) is 16.1. The predicted octanol–water partition coefficient (Wildman–Crippen LogP) is 4.46. The van der Waals surface area contributed by atoms with Crippen molar-refractivity contribution in [1.29, 1.82) is 0 Å². The summed E-state index contributed by atoms with van der Waals surface area (Å²) in [6, 6.07) is 11.6. The van der Waals surface area contributed by atoms with Crippen LogP contribution in [-0.4, -0.2) is 45.5 Å². The molecule has 1 atom stereocenters. The summed E-state index contributed by atoms with van der Waals surface area (Å²) in [6.07, 6.45) is 0.789. The molecule has 0 spiro atoms. The fourth-order valence-corrected chi connectivity index (χ4v) is 4.38. The van der Waals surface area contributed by atoms with Crippen molar-refractivity contribution in [3.05, 3.63) is 48.0 Å². The molecule has 7 nitrogen and oxygen atoms in total. The Bertz CT molecular complexity index is 1000. The van der Waals surface area contributed by atoms with Gasteiger partial charge in [-0.15, -0.1) is 0 Å². The highest BCUT2D eigenvalue weighted by Gasteiger charge is 2.23. The number of carbonyl (C=O) groups is 1. The van der Waals surface area contributed by atoms with Crippen LogP contribution in [0.2, 0.25) is 0 Å². The monoisotopic (exact) mass is 462 g/mol. The van der Waals surface area contributed by atoms with Crippen molar-refractivity contribution in [2.24, 2.45) is 0 Å². The number of amides is 1. The highest BCUT2D eigenvalue weighted by atomic mass is 32.2. The summed E-state index contributed by atoms with van der Waals surface area (Å²) in [6.45, 7) is 11.4. The molecule has 0 saturated carbocycles. The summed E-state index contributed by atoms with van der Waals surface area (Å²) in [7, 11) is -2.56. The number of nitrogens with zero attached hydrogens (tertiary/aromatic N) is 2. The summed E-state index contributed by atoms with van der Waals surface area (Å²) >= 11 is 0. The normalized spacial score (nSPS) is 12.2. The van der Waals surface area contributed by atoms with E-state index in [0.29, 0.717) is 11.3 Å². The molecule has 0 aliphatic rings. The standard InChI is InChI=1S/C24H34N2O5S/c1-7-18(4)26(19(5)27)17-20-10-11-21(25(8-2)9-3)16-24(20)31-32(28,29)23-14-12-22(30-6)13-15-23/h10-16,18H,7-9,17H2,1-6H3/t18-/m1/s1. The van der Waals surface area contributed by atoms with E-state index in [1.54, 1.807) is 23.1 Å². The van der Waals surface area contributed by atoms with Gasteiger partial charge in [-0.05, 0) is 57.5 Å². The van der Waals surface area contributed by atoms with E-state index < -0.39 is 10.1 Å². The molecule has 0 bridgehead atoms. The van der Waals surface area contributed by atoms with Crippen LogP contribution in [0.1, 0.15) is 46.6 Å². The summed E-state index contributed by atoms with van der Waals surface area (Å²) in [5, 5.41) is 0. The van der Waals surface area contributed by atoms with E-state index in [0.717, 1.165) is 25.2 Å². The van der Waals surface area contributed by atoms with Crippen LogP contribution >= 0.6 is 0 Å². The molecule has 0 aromatic heterocycles. The average molecular weight is 463 g/mol. The Labute approximate surface area is 192 Å². The van der Waals surface area contributed by atoms with Crippen molar-refractivity contribution in [1.82, 2.24) is 4.90 Å². The molecule has 0 N–H and O–H groups in total. The first-order valence-electron chi connectivity index (χ1n) is 10.9. The Morgan fingerprint density at radius 2 is 1.66 bits per heavy atom. The second kappa shape index (κ2) is 11.2. The van der Waals surface area contributed by atoms with E-state index in [-0.39, 0.29) is 29.1 Å². The fraction of sp³-hybridized carbons (Fsp3) is 0.458. The van der Waals surface area contributed by atoms with E-state index in [9.17, 15) is 13.2 Å². The Balaban J connectivity index is 2.49. The summed E-state index contributed by atoms with van der Waals surface area (Å²) < 4.78 is 36.8. The molecule has 2 aromatic rings. The van der Waals surface area contributed by atoms with Gasteiger partial charge in [0, 0.05) is 49.9 Å². The lowest BCUT2D eigenvalue weighted by Gasteiger charge is -2.29. The summed E-state index contributed by atoms with van der Waals surface area (Å²) in [5.74, 6) is 0.703. The van der Waals surface area contributed by atoms with Crippen LogP contribution in [0, 0.1) is 0 Å². The summed E-state index contributed by atoms with van der Waals surface area (Å²) in [5.41, 5.74) is 1.49. The third-order valence-corrected chi connectivity index (χ3v) is 6.84. The van der Waals surface area contributed by atoms with Crippen LogP contribution < -0.4 is 13.8 Å². The zero-order chi connectivity index (χ0) is 23.9. The Morgan fingerprint density at radius 1 is 1.03 bits per heavy atom. The molecule has 0 aliphatic carbocycles. The zero-order valence-corrected chi connectivity index (χ0v) is 20.6. The predicted molar refractivity (Wildman–Crippen MR) is 127 cm³/mol. The van der Waals surface area contributed by atoms with Gasteiger partial charge in [-0.25, -0.2) is 0 Å². The number of hydrogen-bond donors (Lipinski definition) is 0. The molecule has 0 saturated heterocycles. The first kappa shape index (κ1) is 25.5. The highest BCUT2D eigenvalue weighted by Crippen LogP contribution is 2.31. The highest BCUT2D eigenvalue weighted by molar-refractivity contribution is 7.87. The van der Waals surface area contributed by atoms with Gasteiger partial charge in [0.05, 0.1) is 7.11 Å². The number of rotatable bonds is 11. The van der Waals surface area contributed by atoms with Crippen molar-refractivity contribution >= 4 is 21.7 Å². The maximum absolute atomic E-state index is 13.0. The third-order valence-electron chi connectivity index (χ3n) is 5.59. The lowest BCUT2D eigenvalue weighted by atomic mass is 10.1. The van der Waals surface area contributed by atoms with Gasteiger partial charge in [-0.2, -0.15) is 8.42 Å². The van der Waals surface area contributed by atoms with Gasteiger partial charge < -0.3 is 18.7 Å². The molecule has 1 amide bonds. The first-order chi connectivity index (χ1) is 15.2. The molecule has 2 rings (SSSR count). The number of carbonyl (C=O) groups excluding carboxylic acids is 1. The zero-order valence-electron chi connectivity index (χ0n) is 19.8.